The van der Waals surface area contributed by atoms with Gasteiger partial charge in [0.2, 0.25) is 0 Å². The number of ether oxygens (including phenoxy) is 1. The second kappa shape index (κ2) is 6.37. The zero-order valence-electron chi connectivity index (χ0n) is 11.5. The average molecular weight is 277 g/mol. The topological polar surface area (TPSA) is 21.3 Å². The minimum absolute atomic E-state index is 0.0531. The molecular formula is C16H17F2NO. The number of methoxy groups -OCH3 is 1. The van der Waals surface area contributed by atoms with Gasteiger partial charge in [0.25, 0.3) is 0 Å². The van der Waals surface area contributed by atoms with Gasteiger partial charge in [0.15, 0.2) is 11.6 Å². The van der Waals surface area contributed by atoms with Crippen LogP contribution in [-0.2, 0) is 6.42 Å². The lowest BCUT2D eigenvalue weighted by molar-refractivity contribution is 0.408. The molecule has 106 valence electrons. The van der Waals surface area contributed by atoms with Crippen LogP contribution in [-0.4, -0.2) is 13.2 Å². The third kappa shape index (κ3) is 3.26. The van der Waals surface area contributed by atoms with E-state index in [0.717, 1.165) is 17.4 Å². The minimum Gasteiger partial charge on any atom is -0.496 e. The minimum atomic E-state index is -0.848. The zero-order valence-corrected chi connectivity index (χ0v) is 11.5. The number of para-hydroxylation sites is 1. The van der Waals surface area contributed by atoms with E-state index in [-0.39, 0.29) is 11.7 Å². The van der Waals surface area contributed by atoms with Gasteiger partial charge in [-0.3, -0.25) is 0 Å². The van der Waals surface area contributed by atoms with E-state index in [1.165, 1.54) is 12.1 Å². The molecule has 0 aliphatic rings. The van der Waals surface area contributed by atoms with Gasteiger partial charge in [-0.05, 0) is 37.1 Å². The molecule has 0 bridgehead atoms. The predicted octanol–water partition coefficient (Wildman–Crippen LogP) is 4.02. The molecule has 0 saturated carbocycles. The molecule has 0 aliphatic heterocycles. The molecule has 2 rings (SSSR count). The number of nitrogens with one attached hydrogen (secondary N) is 1. The third-order valence-corrected chi connectivity index (χ3v) is 3.07. The molecule has 1 unspecified atom stereocenters. The summed E-state index contributed by atoms with van der Waals surface area (Å²) < 4.78 is 32.0. The third-order valence-electron chi connectivity index (χ3n) is 3.07. The fraction of sp³-hybridized carbons (Fsp3) is 0.250. The highest BCUT2D eigenvalue weighted by atomic mass is 19.2. The van der Waals surface area contributed by atoms with E-state index in [4.69, 9.17) is 4.74 Å². The molecule has 1 atom stereocenters. The summed E-state index contributed by atoms with van der Waals surface area (Å²) in [6.45, 7) is 1.91. The Balaban J connectivity index is 2.09. The summed E-state index contributed by atoms with van der Waals surface area (Å²) in [4.78, 5) is 0. The lowest BCUT2D eigenvalue weighted by Gasteiger charge is -2.17. The van der Waals surface area contributed by atoms with Crippen molar-refractivity contribution >= 4 is 5.69 Å². The molecule has 0 heterocycles. The predicted molar refractivity (Wildman–Crippen MR) is 76.1 cm³/mol. The van der Waals surface area contributed by atoms with Crippen molar-refractivity contribution < 1.29 is 13.5 Å². The van der Waals surface area contributed by atoms with Gasteiger partial charge in [-0.1, -0.05) is 24.3 Å². The van der Waals surface area contributed by atoms with Gasteiger partial charge in [-0.15, -0.1) is 0 Å². The molecule has 0 amide bonds. The van der Waals surface area contributed by atoms with Gasteiger partial charge in [0.1, 0.15) is 5.75 Å². The smallest absolute Gasteiger partial charge is 0.181 e. The molecule has 1 N–H and O–H groups in total. The molecule has 0 radical (unpaired) electrons. The fourth-order valence-corrected chi connectivity index (χ4v) is 2.13. The standard InChI is InChI=1S/C16H17F2NO/c1-11(10-12-6-3-4-9-15(12)20-2)19-14-8-5-7-13(17)16(14)18/h3-9,11,19H,10H2,1-2H3. The van der Waals surface area contributed by atoms with E-state index in [1.54, 1.807) is 7.11 Å². The van der Waals surface area contributed by atoms with Crippen LogP contribution < -0.4 is 10.1 Å². The van der Waals surface area contributed by atoms with Crippen molar-refractivity contribution in [1.29, 1.82) is 0 Å². The largest absolute Gasteiger partial charge is 0.496 e. The van der Waals surface area contributed by atoms with Crippen LogP contribution >= 0.6 is 0 Å². The molecule has 0 saturated heterocycles. The van der Waals surface area contributed by atoms with Gasteiger partial charge < -0.3 is 10.1 Å². The summed E-state index contributed by atoms with van der Waals surface area (Å²) in [7, 11) is 1.61. The maximum atomic E-state index is 13.6. The molecule has 0 aromatic heterocycles. The van der Waals surface area contributed by atoms with Gasteiger partial charge in [-0.25, -0.2) is 8.78 Å². The Bertz CT molecular complexity index is 586. The van der Waals surface area contributed by atoms with Crippen molar-refractivity contribution in [3.63, 3.8) is 0 Å². The van der Waals surface area contributed by atoms with Crippen LogP contribution in [0.5, 0.6) is 5.75 Å². The Morgan fingerprint density at radius 3 is 2.60 bits per heavy atom. The van der Waals surface area contributed by atoms with Crippen molar-refractivity contribution in [3.8, 4) is 5.75 Å². The van der Waals surface area contributed by atoms with E-state index in [1.807, 2.05) is 31.2 Å². The van der Waals surface area contributed by atoms with Crippen LogP contribution in [0.4, 0.5) is 14.5 Å². The molecule has 2 nitrogen and oxygen atoms in total. The number of halogens is 2. The van der Waals surface area contributed by atoms with Crippen LogP contribution in [0.2, 0.25) is 0 Å². The Morgan fingerprint density at radius 1 is 1.10 bits per heavy atom. The molecule has 2 aromatic carbocycles. The lowest BCUT2D eigenvalue weighted by atomic mass is 10.1. The molecule has 2 aromatic rings. The van der Waals surface area contributed by atoms with Crippen molar-refractivity contribution in [1.82, 2.24) is 0 Å². The summed E-state index contributed by atoms with van der Waals surface area (Å²) in [6, 6.07) is 11.7. The lowest BCUT2D eigenvalue weighted by Crippen LogP contribution is -2.19. The monoisotopic (exact) mass is 277 g/mol. The van der Waals surface area contributed by atoms with Crippen molar-refractivity contribution in [2.75, 3.05) is 12.4 Å². The fourth-order valence-electron chi connectivity index (χ4n) is 2.13. The number of hydrogen-bond acceptors (Lipinski definition) is 2. The number of benzene rings is 2. The zero-order chi connectivity index (χ0) is 14.5. The highest BCUT2D eigenvalue weighted by Gasteiger charge is 2.12. The van der Waals surface area contributed by atoms with E-state index in [2.05, 4.69) is 5.32 Å². The second-order valence-electron chi connectivity index (χ2n) is 4.66. The summed E-state index contributed by atoms with van der Waals surface area (Å²) in [5, 5.41) is 2.98. The van der Waals surface area contributed by atoms with E-state index in [9.17, 15) is 8.78 Å². The van der Waals surface area contributed by atoms with Crippen molar-refractivity contribution in [3.05, 3.63) is 59.7 Å². The maximum absolute atomic E-state index is 13.6. The first-order valence-corrected chi connectivity index (χ1v) is 6.44. The first-order chi connectivity index (χ1) is 9.61. The number of hydrogen-bond donors (Lipinski definition) is 1. The first kappa shape index (κ1) is 14.3. The highest BCUT2D eigenvalue weighted by Crippen LogP contribution is 2.22. The number of rotatable bonds is 5. The van der Waals surface area contributed by atoms with Crippen LogP contribution in [0, 0.1) is 11.6 Å². The Morgan fingerprint density at radius 2 is 1.85 bits per heavy atom. The Hall–Kier alpha value is -2.10. The van der Waals surface area contributed by atoms with E-state index < -0.39 is 11.6 Å². The maximum Gasteiger partial charge on any atom is 0.181 e. The highest BCUT2D eigenvalue weighted by molar-refractivity contribution is 5.46. The summed E-state index contributed by atoms with van der Waals surface area (Å²) in [6.07, 6.45) is 0.653. The molecule has 20 heavy (non-hydrogen) atoms. The normalized spacial score (nSPS) is 12.0. The van der Waals surface area contributed by atoms with Gasteiger partial charge in [0.05, 0.1) is 12.8 Å². The van der Waals surface area contributed by atoms with Gasteiger partial charge >= 0.3 is 0 Å². The van der Waals surface area contributed by atoms with E-state index in [0.29, 0.717) is 6.42 Å². The molecule has 4 heteroatoms. The van der Waals surface area contributed by atoms with Crippen molar-refractivity contribution in [2.24, 2.45) is 0 Å². The van der Waals surface area contributed by atoms with Crippen LogP contribution in [0.3, 0.4) is 0 Å². The van der Waals surface area contributed by atoms with Gasteiger partial charge in [0, 0.05) is 6.04 Å². The Kier molecular flexibility index (Phi) is 4.56. The quantitative estimate of drug-likeness (QED) is 0.891. The second-order valence-corrected chi connectivity index (χ2v) is 4.66. The van der Waals surface area contributed by atoms with Crippen LogP contribution in [0.1, 0.15) is 12.5 Å². The summed E-state index contributed by atoms with van der Waals surface area (Å²) >= 11 is 0. The molecule has 0 aliphatic carbocycles. The van der Waals surface area contributed by atoms with Gasteiger partial charge in [-0.2, -0.15) is 0 Å². The average Bonchev–Trinajstić information content (AvgIpc) is 2.44. The SMILES string of the molecule is COc1ccccc1CC(C)Nc1cccc(F)c1F. The molecule has 0 spiro atoms. The summed E-state index contributed by atoms with van der Waals surface area (Å²) in [5.41, 5.74) is 1.19. The first-order valence-electron chi connectivity index (χ1n) is 6.44. The summed E-state index contributed by atoms with van der Waals surface area (Å²) in [5.74, 6) is -0.903. The van der Waals surface area contributed by atoms with Crippen molar-refractivity contribution in [2.45, 2.75) is 19.4 Å². The molecular weight excluding hydrogens is 260 g/mol. The molecule has 0 fully saturated rings. The Labute approximate surface area is 117 Å². The van der Waals surface area contributed by atoms with Crippen LogP contribution in [0.25, 0.3) is 0 Å². The number of anilines is 1. The van der Waals surface area contributed by atoms with Crippen LogP contribution in [0.15, 0.2) is 42.5 Å². The van der Waals surface area contributed by atoms with E-state index >= 15 is 0 Å².